The largest absolute Gasteiger partial charge is 0.457 e. The van der Waals surface area contributed by atoms with Gasteiger partial charge in [-0.25, -0.2) is 9.67 Å². The molecule has 0 aliphatic carbocycles. The van der Waals surface area contributed by atoms with Gasteiger partial charge in [-0.2, -0.15) is 5.10 Å². The van der Waals surface area contributed by atoms with E-state index >= 15 is 0 Å². The van der Waals surface area contributed by atoms with Crippen molar-refractivity contribution in [3.05, 3.63) is 132 Å². The lowest BCUT2D eigenvalue weighted by molar-refractivity contribution is 0.482. The average Bonchev–Trinajstić information content (AvgIpc) is 3.66. The maximum atomic E-state index is 6.64. The molecule has 5 heteroatoms. The molecule has 0 aliphatic rings. The van der Waals surface area contributed by atoms with Crippen LogP contribution in [0.5, 0.6) is 11.5 Å². The monoisotopic (exact) mass is 646 g/mol. The third kappa shape index (κ3) is 6.26. The van der Waals surface area contributed by atoms with Crippen molar-refractivity contribution in [1.29, 1.82) is 0 Å². The van der Waals surface area contributed by atoms with E-state index in [0.717, 1.165) is 59.0 Å². The number of rotatable bonds is 10. The number of benzene rings is 4. The van der Waals surface area contributed by atoms with Crippen molar-refractivity contribution < 1.29 is 4.74 Å². The average molecular weight is 647 g/mol. The molecule has 7 rings (SSSR count). The van der Waals surface area contributed by atoms with Crippen LogP contribution in [-0.2, 0) is 24.7 Å². The number of fused-ring (bicyclic) bond motifs is 3. The molecule has 49 heavy (non-hydrogen) atoms. The molecule has 5 nitrogen and oxygen atoms in total. The van der Waals surface area contributed by atoms with Crippen molar-refractivity contribution in [1.82, 2.24) is 19.3 Å². The number of pyridine rings is 1. The van der Waals surface area contributed by atoms with Gasteiger partial charge in [-0.15, -0.1) is 0 Å². The van der Waals surface area contributed by atoms with Crippen LogP contribution in [0.15, 0.2) is 109 Å². The van der Waals surface area contributed by atoms with Crippen LogP contribution in [0.25, 0.3) is 44.4 Å². The Morgan fingerprint density at radius 3 is 2.29 bits per heavy atom. The Balaban J connectivity index is 1.31. The predicted molar refractivity (Wildman–Crippen MR) is 204 cm³/mol. The molecule has 4 aromatic carbocycles. The van der Waals surface area contributed by atoms with Crippen molar-refractivity contribution in [2.45, 2.75) is 79.1 Å². The normalized spacial score (nSPS) is 11.9. The summed E-state index contributed by atoms with van der Waals surface area (Å²) in [6.07, 6.45) is 7.11. The molecular formula is C44H46N4O. The lowest BCUT2D eigenvalue weighted by Gasteiger charge is -2.20. The summed E-state index contributed by atoms with van der Waals surface area (Å²) < 4.78 is 11.0. The van der Waals surface area contributed by atoms with Crippen LogP contribution in [0.3, 0.4) is 0 Å². The highest BCUT2D eigenvalue weighted by Gasteiger charge is 2.20. The molecule has 0 N–H and O–H groups in total. The first-order chi connectivity index (χ1) is 23.8. The van der Waals surface area contributed by atoms with E-state index in [1.165, 1.54) is 51.6 Å². The third-order valence-corrected chi connectivity index (χ3v) is 9.55. The Bertz CT molecular complexity index is 2250. The first-order valence-electron chi connectivity index (χ1n) is 17.8. The minimum absolute atomic E-state index is 0.00896. The molecule has 0 unspecified atom stereocenters. The zero-order chi connectivity index (χ0) is 34.1. The van der Waals surface area contributed by atoms with Gasteiger partial charge in [0.1, 0.15) is 17.3 Å². The first-order valence-corrected chi connectivity index (χ1v) is 17.8. The van der Waals surface area contributed by atoms with Gasteiger partial charge in [-0.1, -0.05) is 90.4 Å². The number of nitrogens with zero attached hydrogens (tertiary/aromatic N) is 4. The Kier molecular flexibility index (Phi) is 8.85. The van der Waals surface area contributed by atoms with Crippen LogP contribution in [0.2, 0.25) is 0 Å². The first kappa shape index (κ1) is 32.4. The Morgan fingerprint density at radius 1 is 0.714 bits per heavy atom. The lowest BCUT2D eigenvalue weighted by Crippen LogP contribution is -2.12. The Hall–Kier alpha value is -5.16. The summed E-state index contributed by atoms with van der Waals surface area (Å²) >= 11 is 0. The molecule has 0 atom stereocenters. The topological polar surface area (TPSA) is 44.9 Å². The fourth-order valence-electron chi connectivity index (χ4n) is 6.95. The Morgan fingerprint density at radius 2 is 1.53 bits per heavy atom. The van der Waals surface area contributed by atoms with Gasteiger partial charge in [-0.3, -0.25) is 4.57 Å². The van der Waals surface area contributed by atoms with Crippen LogP contribution in [0, 0.1) is 0 Å². The number of aromatic nitrogens is 4. The van der Waals surface area contributed by atoms with Crippen LogP contribution >= 0.6 is 0 Å². The molecule has 0 radical (unpaired) electrons. The summed E-state index contributed by atoms with van der Waals surface area (Å²) in [5.74, 6) is 2.47. The summed E-state index contributed by atoms with van der Waals surface area (Å²) in [4.78, 5) is 4.89. The summed E-state index contributed by atoms with van der Waals surface area (Å²) in [6, 6.07) is 36.6. The van der Waals surface area contributed by atoms with Crippen LogP contribution in [0.1, 0.15) is 76.9 Å². The number of hydrogen-bond acceptors (Lipinski definition) is 3. The van der Waals surface area contributed by atoms with E-state index in [2.05, 4.69) is 148 Å². The minimum Gasteiger partial charge on any atom is -0.457 e. The lowest BCUT2D eigenvalue weighted by atomic mass is 9.88. The minimum atomic E-state index is 0.00896. The van der Waals surface area contributed by atoms with E-state index in [4.69, 9.17) is 14.8 Å². The van der Waals surface area contributed by atoms with Gasteiger partial charge in [0.15, 0.2) is 0 Å². The summed E-state index contributed by atoms with van der Waals surface area (Å²) in [7, 11) is 0. The molecule has 0 fully saturated rings. The van der Waals surface area contributed by atoms with Crippen molar-refractivity contribution in [2.75, 3.05) is 0 Å². The van der Waals surface area contributed by atoms with Crippen LogP contribution in [0.4, 0.5) is 0 Å². The van der Waals surface area contributed by atoms with Gasteiger partial charge in [0.25, 0.3) is 0 Å². The fraction of sp³-hybridized carbons (Fsp3) is 0.273. The molecule has 0 amide bonds. The van der Waals surface area contributed by atoms with Gasteiger partial charge in [0, 0.05) is 34.7 Å². The Labute approximate surface area is 290 Å². The standard InChI is InChI=1S/C44H46N4O/c1-7-10-15-30-20-23-40-37(26-30)36-22-21-35(29-41(36)47(40)42-27-32(24-25-45-42)44(4,5)6)49-34-19-14-18-33(28-34)48-39(9-3)43(38(8-2)46-48)31-16-12-11-13-17-31/h11-14,16-29H,7-10,15H2,1-6H3. The molecule has 0 aliphatic heterocycles. The van der Waals surface area contributed by atoms with Gasteiger partial charge in [-0.05, 0) is 96.3 Å². The maximum Gasteiger partial charge on any atom is 0.137 e. The molecule has 248 valence electrons. The molecule has 0 saturated carbocycles. The summed E-state index contributed by atoms with van der Waals surface area (Å²) in [5, 5.41) is 7.54. The highest BCUT2D eigenvalue weighted by Crippen LogP contribution is 2.37. The van der Waals surface area contributed by atoms with Crippen molar-refractivity contribution >= 4 is 21.8 Å². The quantitative estimate of drug-likeness (QED) is 0.149. The number of aryl methyl sites for hydroxylation is 2. The van der Waals surface area contributed by atoms with E-state index in [0.29, 0.717) is 0 Å². The van der Waals surface area contributed by atoms with Crippen LogP contribution < -0.4 is 4.74 Å². The zero-order valence-electron chi connectivity index (χ0n) is 29.6. The van der Waals surface area contributed by atoms with E-state index in [-0.39, 0.29) is 5.41 Å². The smallest absolute Gasteiger partial charge is 0.137 e. The van der Waals surface area contributed by atoms with E-state index in [9.17, 15) is 0 Å². The third-order valence-electron chi connectivity index (χ3n) is 9.55. The van der Waals surface area contributed by atoms with Gasteiger partial charge >= 0.3 is 0 Å². The summed E-state index contributed by atoms with van der Waals surface area (Å²) in [6.45, 7) is 13.4. The van der Waals surface area contributed by atoms with Gasteiger partial charge in [0.05, 0.1) is 28.1 Å². The predicted octanol–water partition coefficient (Wildman–Crippen LogP) is 11.6. The van der Waals surface area contributed by atoms with Gasteiger partial charge in [0.2, 0.25) is 0 Å². The number of hydrogen-bond donors (Lipinski definition) is 0. The second kappa shape index (κ2) is 13.4. The van der Waals surface area contributed by atoms with Crippen molar-refractivity contribution in [2.24, 2.45) is 0 Å². The highest BCUT2D eigenvalue weighted by atomic mass is 16.5. The summed E-state index contributed by atoms with van der Waals surface area (Å²) in [5.41, 5.74) is 10.6. The van der Waals surface area contributed by atoms with Crippen molar-refractivity contribution in [3.8, 4) is 34.1 Å². The molecular weight excluding hydrogens is 601 g/mol. The molecule has 0 spiro atoms. The van der Waals surface area contributed by atoms with Crippen LogP contribution in [-0.4, -0.2) is 19.3 Å². The van der Waals surface area contributed by atoms with Gasteiger partial charge < -0.3 is 4.74 Å². The molecule has 0 bridgehead atoms. The highest BCUT2D eigenvalue weighted by molar-refractivity contribution is 6.09. The molecule has 7 aromatic rings. The molecule has 3 heterocycles. The second-order valence-electron chi connectivity index (χ2n) is 14.0. The molecule has 0 saturated heterocycles. The van der Waals surface area contributed by atoms with E-state index in [1.54, 1.807) is 0 Å². The fourth-order valence-corrected chi connectivity index (χ4v) is 6.95. The second-order valence-corrected chi connectivity index (χ2v) is 14.0. The SMILES string of the molecule is CCCCc1ccc2c(c1)c1ccc(Oc3cccc(-n4nc(CC)c(-c5ccccc5)c4CC)c3)cc1n2-c1cc(C(C)(C)C)ccn1. The van der Waals surface area contributed by atoms with E-state index < -0.39 is 0 Å². The van der Waals surface area contributed by atoms with E-state index in [1.807, 2.05) is 12.3 Å². The zero-order valence-corrected chi connectivity index (χ0v) is 29.6. The van der Waals surface area contributed by atoms with Crippen molar-refractivity contribution in [3.63, 3.8) is 0 Å². The maximum absolute atomic E-state index is 6.64. The molecule has 3 aromatic heterocycles. The number of unbranched alkanes of at least 4 members (excludes halogenated alkanes) is 1. The number of ether oxygens (including phenoxy) is 1.